The van der Waals surface area contributed by atoms with E-state index >= 15 is 0 Å². The van der Waals surface area contributed by atoms with E-state index in [4.69, 9.17) is 0 Å². The molecule has 28 heavy (non-hydrogen) atoms. The minimum Gasteiger partial charge on any atom is -0.282 e. The lowest BCUT2D eigenvalue weighted by Crippen LogP contribution is -1.99. The summed E-state index contributed by atoms with van der Waals surface area (Å²) in [5, 5.41) is 0.988. The van der Waals surface area contributed by atoms with Gasteiger partial charge in [-0.05, 0) is 63.5 Å². The van der Waals surface area contributed by atoms with E-state index in [1.165, 1.54) is 6.07 Å². The minimum absolute atomic E-state index is 0.152. The van der Waals surface area contributed by atoms with Crippen LogP contribution in [-0.2, 0) is 10.1 Å². The summed E-state index contributed by atoms with van der Waals surface area (Å²) < 4.78 is 33.1. The Bertz CT molecular complexity index is 1020. The zero-order chi connectivity index (χ0) is 19.6. The van der Waals surface area contributed by atoms with Crippen LogP contribution in [0.4, 0.5) is 11.4 Å². The van der Waals surface area contributed by atoms with Crippen molar-refractivity contribution in [2.24, 2.45) is 9.98 Å². The second kappa shape index (κ2) is 8.13. The van der Waals surface area contributed by atoms with Gasteiger partial charge in [0.2, 0.25) is 0 Å². The van der Waals surface area contributed by atoms with Gasteiger partial charge in [-0.3, -0.25) is 14.5 Å². The molecule has 0 aliphatic heterocycles. The van der Waals surface area contributed by atoms with Crippen molar-refractivity contribution in [3.8, 4) is 0 Å². The average molecular weight is 388 g/mol. The van der Waals surface area contributed by atoms with Gasteiger partial charge in [-0.1, -0.05) is 18.2 Å². The Morgan fingerprint density at radius 1 is 0.750 bits per heavy atom. The van der Waals surface area contributed by atoms with E-state index in [2.05, 4.69) is 9.98 Å². The smallest absolute Gasteiger partial charge is 0.282 e. The maximum Gasteiger partial charge on any atom is 0.295 e. The molecule has 5 nitrogen and oxygen atoms in total. The van der Waals surface area contributed by atoms with Gasteiger partial charge in [-0.25, -0.2) is 0 Å². The first kappa shape index (κ1) is 19.3. The molecular formula is C22H16N2O3S. The molecule has 2 aliphatic rings. The number of nitrogens with zero attached hydrogens (tertiary/aromatic N) is 2. The Morgan fingerprint density at radius 2 is 1.36 bits per heavy atom. The molecule has 138 valence electrons. The molecule has 0 unspecified atom stereocenters. The van der Waals surface area contributed by atoms with E-state index in [1.807, 2.05) is 51.4 Å². The molecule has 2 aromatic carbocycles. The first-order chi connectivity index (χ1) is 13.5. The third-order valence-electron chi connectivity index (χ3n) is 4.32. The van der Waals surface area contributed by atoms with Gasteiger partial charge >= 0.3 is 0 Å². The first-order valence-electron chi connectivity index (χ1n) is 8.57. The molecule has 0 spiro atoms. The van der Waals surface area contributed by atoms with Crippen LogP contribution in [0.25, 0.3) is 10.8 Å². The Balaban J connectivity index is 1.81. The normalized spacial score (nSPS) is 19.6. The highest BCUT2D eigenvalue weighted by Crippen LogP contribution is 2.39. The van der Waals surface area contributed by atoms with Crippen LogP contribution in [0.3, 0.4) is 0 Å². The van der Waals surface area contributed by atoms with E-state index in [0.717, 1.165) is 11.8 Å². The summed E-state index contributed by atoms with van der Waals surface area (Å²) in [4.78, 5) is 8.97. The van der Waals surface area contributed by atoms with Crippen LogP contribution in [0.2, 0.25) is 0 Å². The van der Waals surface area contributed by atoms with Crippen molar-refractivity contribution >= 4 is 44.7 Å². The molecule has 0 atom stereocenters. The summed E-state index contributed by atoms with van der Waals surface area (Å²) in [6, 6.07) is 8.06. The summed E-state index contributed by atoms with van der Waals surface area (Å²) in [7, 11) is -4.36. The van der Waals surface area contributed by atoms with Crippen LogP contribution in [0, 0.1) is 63.2 Å². The fourth-order valence-electron chi connectivity index (χ4n) is 3.00. The van der Waals surface area contributed by atoms with Crippen molar-refractivity contribution in [3.05, 3.63) is 93.5 Å². The number of fused-ring (bicyclic) bond motifs is 1. The predicted molar refractivity (Wildman–Crippen MR) is 111 cm³/mol. The van der Waals surface area contributed by atoms with E-state index in [1.54, 1.807) is 36.7 Å². The van der Waals surface area contributed by atoms with Crippen LogP contribution < -0.4 is 0 Å². The van der Waals surface area contributed by atoms with Gasteiger partial charge in [0.25, 0.3) is 10.1 Å². The van der Waals surface area contributed by atoms with Gasteiger partial charge in [0, 0.05) is 35.0 Å². The fourth-order valence-corrected chi connectivity index (χ4v) is 3.71. The SMILES string of the molecule is O=S(=O)(O)c1cccc2c(N=C[C]3[CH][CH][CH][CH]3)c(N=C[C]3[CH][CH][CH][CH]3)ccc12. The molecule has 2 aliphatic carbocycles. The first-order valence-corrected chi connectivity index (χ1v) is 10.0. The van der Waals surface area contributed by atoms with Crippen molar-refractivity contribution in [3.63, 3.8) is 0 Å². The zero-order valence-corrected chi connectivity index (χ0v) is 15.5. The van der Waals surface area contributed by atoms with Crippen molar-refractivity contribution < 1.29 is 13.0 Å². The van der Waals surface area contributed by atoms with Crippen molar-refractivity contribution in [2.75, 3.05) is 0 Å². The van der Waals surface area contributed by atoms with Gasteiger partial charge in [-0.2, -0.15) is 8.42 Å². The van der Waals surface area contributed by atoms with Gasteiger partial charge < -0.3 is 0 Å². The highest BCUT2D eigenvalue weighted by molar-refractivity contribution is 7.86. The second-order valence-electron chi connectivity index (χ2n) is 6.21. The highest BCUT2D eigenvalue weighted by atomic mass is 32.2. The van der Waals surface area contributed by atoms with Gasteiger partial charge in [0.05, 0.1) is 11.4 Å². The number of benzene rings is 2. The maximum absolute atomic E-state index is 11.8. The maximum atomic E-state index is 11.8. The van der Waals surface area contributed by atoms with Gasteiger partial charge in [0.1, 0.15) is 4.90 Å². The second-order valence-corrected chi connectivity index (χ2v) is 7.60. The van der Waals surface area contributed by atoms with E-state index in [0.29, 0.717) is 22.1 Å². The van der Waals surface area contributed by atoms with Crippen LogP contribution in [0.5, 0.6) is 0 Å². The van der Waals surface area contributed by atoms with E-state index < -0.39 is 10.1 Å². The van der Waals surface area contributed by atoms with Gasteiger partial charge in [0.15, 0.2) is 0 Å². The molecule has 0 heterocycles. The third kappa shape index (κ3) is 4.18. The topological polar surface area (TPSA) is 79.1 Å². The Morgan fingerprint density at radius 3 is 1.96 bits per heavy atom. The lowest BCUT2D eigenvalue weighted by molar-refractivity contribution is 0.484. The van der Waals surface area contributed by atoms with Gasteiger partial charge in [-0.15, -0.1) is 0 Å². The minimum atomic E-state index is -4.36. The Kier molecular flexibility index (Phi) is 5.60. The van der Waals surface area contributed by atoms with Crippen LogP contribution in [-0.4, -0.2) is 25.4 Å². The van der Waals surface area contributed by atoms with Crippen molar-refractivity contribution in [2.45, 2.75) is 4.90 Å². The van der Waals surface area contributed by atoms with Crippen LogP contribution in [0.1, 0.15) is 0 Å². The molecule has 6 heteroatoms. The summed E-state index contributed by atoms with van der Waals surface area (Å²) in [5.41, 5.74) is 1.14. The Labute approximate surface area is 166 Å². The molecule has 0 amide bonds. The number of aliphatic imine (C=N–C) groups is 2. The van der Waals surface area contributed by atoms with E-state index in [-0.39, 0.29) is 4.90 Å². The number of hydrogen-bond donors (Lipinski definition) is 1. The molecule has 0 saturated heterocycles. The molecule has 2 aromatic rings. The summed E-state index contributed by atoms with van der Waals surface area (Å²) >= 11 is 0. The van der Waals surface area contributed by atoms with Crippen molar-refractivity contribution in [1.82, 2.24) is 0 Å². The quantitative estimate of drug-likeness (QED) is 0.613. The van der Waals surface area contributed by atoms with Crippen LogP contribution >= 0.6 is 0 Å². The predicted octanol–water partition coefficient (Wildman–Crippen LogP) is 4.30. The zero-order valence-electron chi connectivity index (χ0n) is 14.7. The highest BCUT2D eigenvalue weighted by Gasteiger charge is 2.19. The molecule has 1 N–H and O–H groups in total. The molecule has 2 fully saturated rings. The monoisotopic (exact) mass is 388 g/mol. The van der Waals surface area contributed by atoms with E-state index in [9.17, 15) is 13.0 Å². The average Bonchev–Trinajstić information content (AvgIpc) is 3.37. The lowest BCUT2D eigenvalue weighted by Gasteiger charge is -2.10. The molecule has 10 radical (unpaired) electrons. The summed E-state index contributed by atoms with van der Waals surface area (Å²) in [6.07, 6.45) is 18.8. The third-order valence-corrected chi connectivity index (χ3v) is 5.23. The van der Waals surface area contributed by atoms with Crippen LogP contribution in [0.15, 0.2) is 45.2 Å². The Hall–Kier alpha value is -2.05. The molecule has 4 rings (SSSR count). The molecule has 0 bridgehead atoms. The summed E-state index contributed by atoms with van der Waals surface area (Å²) in [6.45, 7) is 0. The largest absolute Gasteiger partial charge is 0.295 e. The molecule has 2 saturated carbocycles. The number of rotatable bonds is 5. The molecule has 0 aromatic heterocycles. The standard InChI is InChI=1S/C22H16N2O3S/c25-28(26,27)21-11-5-10-19-18(21)12-13-20(23-14-16-6-1-2-7-16)22(19)24-15-17-8-3-4-9-17/h1-15H,(H,25,26,27). The molecular weight excluding hydrogens is 372 g/mol. The lowest BCUT2D eigenvalue weighted by atomic mass is 10.1. The fraction of sp³-hybridized carbons (Fsp3) is 0. The number of hydrogen-bond acceptors (Lipinski definition) is 4. The van der Waals surface area contributed by atoms with Crippen molar-refractivity contribution in [1.29, 1.82) is 0 Å². The summed E-state index contributed by atoms with van der Waals surface area (Å²) in [5.74, 6) is 1.88.